The Kier molecular flexibility index (Phi) is 5.45. The number of hydrogen-bond acceptors (Lipinski definition) is 3. The summed E-state index contributed by atoms with van der Waals surface area (Å²) >= 11 is 0. The van der Waals surface area contributed by atoms with Crippen molar-refractivity contribution < 1.29 is 4.79 Å². The van der Waals surface area contributed by atoms with Crippen molar-refractivity contribution in [1.29, 1.82) is 0 Å². The number of amides is 1. The fraction of sp³-hybridized carbons (Fsp3) is 0.304. The summed E-state index contributed by atoms with van der Waals surface area (Å²) in [5.41, 5.74) is 1.71. The molecular formula is C23H25N3O. The number of carbonyl (C=O) groups excluding carboxylic acids is 1. The second-order valence-electron chi connectivity index (χ2n) is 7.12. The van der Waals surface area contributed by atoms with Crippen molar-refractivity contribution in [3.63, 3.8) is 0 Å². The lowest BCUT2D eigenvalue weighted by Gasteiger charge is -2.31. The van der Waals surface area contributed by atoms with Crippen molar-refractivity contribution in [1.82, 2.24) is 15.2 Å². The van der Waals surface area contributed by atoms with Gasteiger partial charge >= 0.3 is 0 Å². The van der Waals surface area contributed by atoms with Crippen molar-refractivity contribution >= 4 is 16.7 Å². The third-order valence-electron chi connectivity index (χ3n) is 5.33. The van der Waals surface area contributed by atoms with E-state index in [-0.39, 0.29) is 11.9 Å². The molecule has 0 bridgehead atoms. The molecule has 138 valence electrons. The number of nitrogens with one attached hydrogen (secondary N) is 1. The molecule has 4 rings (SSSR count). The van der Waals surface area contributed by atoms with E-state index in [0.717, 1.165) is 54.4 Å². The monoisotopic (exact) mass is 359 g/mol. The van der Waals surface area contributed by atoms with Gasteiger partial charge in [-0.2, -0.15) is 0 Å². The fourth-order valence-corrected chi connectivity index (χ4v) is 3.91. The van der Waals surface area contributed by atoms with E-state index in [1.807, 2.05) is 53.4 Å². The van der Waals surface area contributed by atoms with E-state index in [4.69, 9.17) is 0 Å². The van der Waals surface area contributed by atoms with E-state index in [1.165, 1.54) is 0 Å². The second kappa shape index (κ2) is 8.31. The number of hydrogen-bond donors (Lipinski definition) is 1. The van der Waals surface area contributed by atoms with Crippen molar-refractivity contribution in [3.05, 3.63) is 78.1 Å². The minimum Gasteiger partial charge on any atom is -0.330 e. The number of rotatable bonds is 4. The van der Waals surface area contributed by atoms with E-state index < -0.39 is 0 Å². The molecule has 1 aliphatic heterocycles. The fourth-order valence-electron chi connectivity index (χ4n) is 3.91. The number of pyridine rings is 1. The summed E-state index contributed by atoms with van der Waals surface area (Å²) in [6, 6.07) is 20.2. The quantitative estimate of drug-likeness (QED) is 0.765. The Morgan fingerprint density at radius 3 is 2.74 bits per heavy atom. The first-order chi connectivity index (χ1) is 13.3. The van der Waals surface area contributed by atoms with Gasteiger partial charge in [0, 0.05) is 17.8 Å². The maximum atomic E-state index is 13.7. The van der Waals surface area contributed by atoms with Crippen LogP contribution in [0.25, 0.3) is 10.8 Å². The Labute approximate surface area is 160 Å². The molecule has 0 saturated carbocycles. The largest absolute Gasteiger partial charge is 0.330 e. The SMILES string of the molecule is O=C(c1cccc2ccccc12)N(Cc1ccccn1)C1CCCNCC1. The summed E-state index contributed by atoms with van der Waals surface area (Å²) in [6.45, 7) is 2.52. The molecule has 1 aliphatic rings. The van der Waals surface area contributed by atoms with Gasteiger partial charge in [0.2, 0.25) is 0 Å². The molecule has 27 heavy (non-hydrogen) atoms. The van der Waals surface area contributed by atoms with Crippen LogP contribution in [0.5, 0.6) is 0 Å². The van der Waals surface area contributed by atoms with E-state index in [2.05, 4.69) is 22.4 Å². The summed E-state index contributed by atoms with van der Waals surface area (Å²) < 4.78 is 0. The molecule has 1 aromatic heterocycles. The van der Waals surface area contributed by atoms with Gasteiger partial charge < -0.3 is 10.2 Å². The molecular weight excluding hydrogens is 334 g/mol. The normalized spacial score (nSPS) is 17.4. The first-order valence-electron chi connectivity index (χ1n) is 9.72. The lowest BCUT2D eigenvalue weighted by Crippen LogP contribution is -2.40. The highest BCUT2D eigenvalue weighted by Crippen LogP contribution is 2.24. The predicted molar refractivity (Wildman–Crippen MR) is 109 cm³/mol. The minimum atomic E-state index is 0.101. The summed E-state index contributed by atoms with van der Waals surface area (Å²) in [7, 11) is 0. The van der Waals surface area contributed by atoms with E-state index >= 15 is 0 Å². The molecule has 2 aromatic carbocycles. The molecule has 1 unspecified atom stereocenters. The first-order valence-corrected chi connectivity index (χ1v) is 9.72. The van der Waals surface area contributed by atoms with Gasteiger partial charge in [-0.1, -0.05) is 42.5 Å². The molecule has 1 atom stereocenters. The Morgan fingerprint density at radius 2 is 1.85 bits per heavy atom. The summed E-state index contributed by atoms with van der Waals surface area (Å²) in [5, 5.41) is 5.57. The van der Waals surface area contributed by atoms with Gasteiger partial charge in [0.1, 0.15) is 0 Å². The van der Waals surface area contributed by atoms with Gasteiger partial charge in [-0.25, -0.2) is 0 Å². The molecule has 1 amide bonds. The second-order valence-corrected chi connectivity index (χ2v) is 7.12. The summed E-state index contributed by atoms with van der Waals surface area (Å²) in [6.07, 6.45) is 4.89. The molecule has 0 radical (unpaired) electrons. The zero-order chi connectivity index (χ0) is 18.5. The van der Waals surface area contributed by atoms with Crippen LogP contribution < -0.4 is 5.32 Å². The van der Waals surface area contributed by atoms with E-state index in [9.17, 15) is 4.79 Å². The van der Waals surface area contributed by atoms with Crippen molar-refractivity contribution in [2.45, 2.75) is 31.8 Å². The Morgan fingerprint density at radius 1 is 1.00 bits per heavy atom. The molecule has 4 heteroatoms. The number of aromatic nitrogens is 1. The highest BCUT2D eigenvalue weighted by Gasteiger charge is 2.27. The molecule has 2 heterocycles. The third kappa shape index (κ3) is 4.01. The van der Waals surface area contributed by atoms with Crippen LogP contribution in [-0.2, 0) is 6.54 Å². The molecule has 1 saturated heterocycles. The Balaban J connectivity index is 1.71. The van der Waals surface area contributed by atoms with Crippen molar-refractivity contribution in [2.24, 2.45) is 0 Å². The van der Waals surface area contributed by atoms with E-state index in [1.54, 1.807) is 6.20 Å². The van der Waals surface area contributed by atoms with E-state index in [0.29, 0.717) is 6.54 Å². The average molecular weight is 359 g/mol. The van der Waals surface area contributed by atoms with Crippen LogP contribution in [0.15, 0.2) is 66.9 Å². The van der Waals surface area contributed by atoms with Gasteiger partial charge in [-0.05, 0) is 61.3 Å². The average Bonchev–Trinajstić information content (AvgIpc) is 3.01. The van der Waals surface area contributed by atoms with Crippen molar-refractivity contribution in [3.8, 4) is 0 Å². The Bertz CT molecular complexity index is 896. The van der Waals surface area contributed by atoms with Crippen LogP contribution in [0.1, 0.15) is 35.3 Å². The standard InChI is InChI=1S/C23H25N3O/c27-23(22-12-5-8-18-7-1-2-11-21(18)22)26(17-19-9-3-4-15-25-19)20-10-6-14-24-16-13-20/h1-5,7-9,11-12,15,20,24H,6,10,13-14,16-17H2. The maximum absolute atomic E-state index is 13.7. The number of benzene rings is 2. The molecule has 4 nitrogen and oxygen atoms in total. The lowest BCUT2D eigenvalue weighted by atomic mass is 10.0. The lowest BCUT2D eigenvalue weighted by molar-refractivity contribution is 0.0644. The van der Waals surface area contributed by atoms with Gasteiger partial charge in [0.25, 0.3) is 5.91 Å². The van der Waals surface area contributed by atoms with Crippen LogP contribution in [0.2, 0.25) is 0 Å². The number of nitrogens with zero attached hydrogens (tertiary/aromatic N) is 2. The first kappa shape index (κ1) is 17.7. The molecule has 1 N–H and O–H groups in total. The van der Waals surface area contributed by atoms with Crippen molar-refractivity contribution in [2.75, 3.05) is 13.1 Å². The van der Waals surface area contributed by atoms with Crippen LogP contribution in [0.3, 0.4) is 0 Å². The highest BCUT2D eigenvalue weighted by molar-refractivity contribution is 6.07. The van der Waals surface area contributed by atoms with Gasteiger partial charge in [-0.3, -0.25) is 9.78 Å². The zero-order valence-corrected chi connectivity index (χ0v) is 15.5. The minimum absolute atomic E-state index is 0.101. The van der Waals surface area contributed by atoms with Crippen LogP contribution in [0, 0.1) is 0 Å². The zero-order valence-electron chi connectivity index (χ0n) is 15.5. The Hall–Kier alpha value is -2.72. The van der Waals surface area contributed by atoms with Crippen LogP contribution in [-0.4, -0.2) is 34.9 Å². The van der Waals surface area contributed by atoms with Gasteiger partial charge in [0.15, 0.2) is 0 Å². The third-order valence-corrected chi connectivity index (χ3v) is 5.33. The maximum Gasteiger partial charge on any atom is 0.255 e. The summed E-state index contributed by atoms with van der Waals surface area (Å²) in [4.78, 5) is 20.2. The predicted octanol–water partition coefficient (Wildman–Crippen LogP) is 4.02. The van der Waals surface area contributed by atoms with Crippen LogP contribution in [0.4, 0.5) is 0 Å². The molecule has 3 aromatic rings. The van der Waals surface area contributed by atoms with Crippen LogP contribution >= 0.6 is 0 Å². The topological polar surface area (TPSA) is 45.2 Å². The smallest absolute Gasteiger partial charge is 0.255 e. The molecule has 0 aliphatic carbocycles. The summed E-state index contributed by atoms with van der Waals surface area (Å²) in [5.74, 6) is 0.101. The van der Waals surface area contributed by atoms with Gasteiger partial charge in [0.05, 0.1) is 12.2 Å². The molecule has 1 fully saturated rings. The number of carbonyl (C=O) groups is 1. The molecule has 0 spiro atoms. The highest BCUT2D eigenvalue weighted by atomic mass is 16.2. The van der Waals surface area contributed by atoms with Gasteiger partial charge in [-0.15, -0.1) is 0 Å². The number of fused-ring (bicyclic) bond motifs is 1.